The summed E-state index contributed by atoms with van der Waals surface area (Å²) in [6.07, 6.45) is -5.82. The molecule has 0 bridgehead atoms. The standard InChI is InChI=1S/C14H13BrClNO7/c15-24-14(10(19)6-18,12(23-16)11(20)13(21)22)9-5-7-3-1-2-4-8(7)17-9/h1-6,10-12,17,19-20H,(H,21,22)/t10-,11-,12+,14+/m0/s1. The highest BCUT2D eigenvalue weighted by Crippen LogP contribution is 2.39. The number of carboxylic acid groups (broad SMARTS) is 1. The second kappa shape index (κ2) is 7.60. The minimum absolute atomic E-state index is 0.0751. The van der Waals surface area contributed by atoms with Gasteiger partial charge in [-0.15, -0.1) is 0 Å². The molecule has 8 nitrogen and oxygen atoms in total. The zero-order valence-electron chi connectivity index (χ0n) is 11.9. The molecule has 130 valence electrons. The van der Waals surface area contributed by atoms with Crippen molar-refractivity contribution in [1.29, 1.82) is 0 Å². The number of H-pyrrole nitrogens is 1. The van der Waals surface area contributed by atoms with E-state index in [-0.39, 0.29) is 12.0 Å². The first-order valence-corrected chi connectivity index (χ1v) is 7.57. The van der Waals surface area contributed by atoms with E-state index >= 15 is 0 Å². The Balaban J connectivity index is 2.69. The zero-order valence-corrected chi connectivity index (χ0v) is 14.3. The molecule has 0 amide bonds. The molecule has 0 fully saturated rings. The molecule has 0 spiro atoms. The number of para-hydroxylation sites is 1. The molecule has 0 unspecified atom stereocenters. The van der Waals surface area contributed by atoms with E-state index in [2.05, 4.69) is 25.5 Å². The van der Waals surface area contributed by atoms with Crippen LogP contribution in [0, 0.1) is 0 Å². The van der Waals surface area contributed by atoms with Crippen LogP contribution in [0.4, 0.5) is 0 Å². The summed E-state index contributed by atoms with van der Waals surface area (Å²) >= 11 is 8.04. The van der Waals surface area contributed by atoms with Crippen molar-refractivity contribution in [2.75, 3.05) is 0 Å². The number of halogens is 2. The van der Waals surface area contributed by atoms with Gasteiger partial charge in [-0.25, -0.2) is 4.79 Å². The van der Waals surface area contributed by atoms with Crippen molar-refractivity contribution in [3.05, 3.63) is 36.0 Å². The molecule has 4 atom stereocenters. The van der Waals surface area contributed by atoms with Gasteiger partial charge in [-0.1, -0.05) is 18.2 Å². The van der Waals surface area contributed by atoms with Crippen molar-refractivity contribution in [1.82, 2.24) is 4.98 Å². The average Bonchev–Trinajstić information content (AvgIpc) is 3.02. The zero-order chi connectivity index (χ0) is 17.9. The van der Waals surface area contributed by atoms with Crippen molar-refractivity contribution in [3.63, 3.8) is 0 Å². The van der Waals surface area contributed by atoms with Gasteiger partial charge in [0.25, 0.3) is 0 Å². The fraction of sp³-hybridized carbons (Fsp3) is 0.286. The Bertz CT molecular complexity index is 706. The molecule has 0 radical (unpaired) electrons. The lowest BCUT2D eigenvalue weighted by Gasteiger charge is -2.38. The molecule has 0 aliphatic carbocycles. The number of aliphatic hydroxyl groups is 2. The van der Waals surface area contributed by atoms with Gasteiger partial charge in [0.2, 0.25) is 0 Å². The summed E-state index contributed by atoms with van der Waals surface area (Å²) in [5.41, 5.74) is -1.45. The molecule has 2 rings (SSSR count). The molecule has 2 aromatic rings. The number of hydrogen-bond donors (Lipinski definition) is 4. The van der Waals surface area contributed by atoms with Gasteiger partial charge in [0.15, 0.2) is 24.1 Å². The van der Waals surface area contributed by atoms with E-state index in [4.69, 9.17) is 20.8 Å². The third-order valence-electron chi connectivity index (χ3n) is 3.71. The number of carboxylic acids is 1. The van der Waals surface area contributed by atoms with Crippen LogP contribution in [-0.2, 0) is 23.3 Å². The Hall–Kier alpha value is -1.49. The van der Waals surface area contributed by atoms with E-state index in [0.29, 0.717) is 10.9 Å². The number of fused-ring (bicyclic) bond motifs is 1. The average molecular weight is 423 g/mol. The van der Waals surface area contributed by atoms with Crippen molar-refractivity contribution in [2.24, 2.45) is 0 Å². The molecule has 0 aliphatic rings. The van der Waals surface area contributed by atoms with Crippen LogP contribution in [0.25, 0.3) is 10.9 Å². The SMILES string of the molecule is O=C[C@H](O)[C@](OBr)(c1cc2ccccc2[nH]1)[C@H](OCl)[C@H](O)C(=O)O. The molecule has 10 heteroatoms. The van der Waals surface area contributed by atoms with Crippen LogP contribution < -0.4 is 0 Å². The highest BCUT2D eigenvalue weighted by atomic mass is 79.9. The van der Waals surface area contributed by atoms with Gasteiger partial charge in [-0.2, -0.15) is 0 Å². The van der Waals surface area contributed by atoms with Gasteiger partial charge in [0.1, 0.15) is 6.10 Å². The fourth-order valence-electron chi connectivity index (χ4n) is 2.48. The molecule has 1 aromatic carbocycles. The van der Waals surface area contributed by atoms with Crippen molar-refractivity contribution in [2.45, 2.75) is 23.9 Å². The van der Waals surface area contributed by atoms with Crippen LogP contribution in [0.3, 0.4) is 0 Å². The third-order valence-corrected chi connectivity index (χ3v) is 4.43. The van der Waals surface area contributed by atoms with Gasteiger partial charge in [-0.3, -0.25) is 8.12 Å². The smallest absolute Gasteiger partial charge is 0.335 e. The predicted octanol–water partition coefficient (Wildman–Crippen LogP) is 1.23. The number of benzene rings is 1. The van der Waals surface area contributed by atoms with E-state index in [0.717, 1.165) is 0 Å². The van der Waals surface area contributed by atoms with Crippen molar-refractivity contribution >= 4 is 51.3 Å². The quantitative estimate of drug-likeness (QED) is 0.471. The van der Waals surface area contributed by atoms with Crippen LogP contribution in [0.1, 0.15) is 5.69 Å². The van der Waals surface area contributed by atoms with E-state index in [1.54, 1.807) is 24.3 Å². The van der Waals surface area contributed by atoms with Crippen molar-refractivity contribution < 1.29 is 33.0 Å². The Labute approximate surface area is 149 Å². The molecule has 1 aromatic heterocycles. The summed E-state index contributed by atoms with van der Waals surface area (Å²) < 4.78 is 9.65. The summed E-state index contributed by atoms with van der Waals surface area (Å²) in [4.78, 5) is 25.3. The minimum atomic E-state index is -2.19. The second-order valence-electron chi connectivity index (χ2n) is 5.01. The molecule has 0 saturated heterocycles. The highest BCUT2D eigenvalue weighted by molar-refractivity contribution is 9.06. The Morgan fingerprint density at radius 3 is 2.54 bits per heavy atom. The lowest BCUT2D eigenvalue weighted by molar-refractivity contribution is -0.175. The number of nitrogens with one attached hydrogen (secondary N) is 1. The number of carbonyl (C=O) groups excluding carboxylic acids is 1. The van der Waals surface area contributed by atoms with Gasteiger partial charge in [0, 0.05) is 5.52 Å². The van der Waals surface area contributed by atoms with E-state index < -0.39 is 29.9 Å². The predicted molar refractivity (Wildman–Crippen MR) is 86.4 cm³/mol. The van der Waals surface area contributed by atoms with Crippen LogP contribution in [-0.4, -0.2) is 50.9 Å². The number of aromatic nitrogens is 1. The van der Waals surface area contributed by atoms with Gasteiger partial charge in [0.05, 0.1) is 33.8 Å². The maximum atomic E-state index is 11.2. The van der Waals surface area contributed by atoms with E-state index in [9.17, 15) is 19.8 Å². The molecule has 24 heavy (non-hydrogen) atoms. The molecule has 1 heterocycles. The Kier molecular flexibility index (Phi) is 5.97. The molecule has 4 N–H and O–H groups in total. The van der Waals surface area contributed by atoms with Gasteiger partial charge in [-0.05, 0) is 17.5 Å². The maximum absolute atomic E-state index is 11.2. The topological polar surface area (TPSA) is 129 Å². The highest BCUT2D eigenvalue weighted by Gasteiger charge is 2.55. The lowest BCUT2D eigenvalue weighted by atomic mass is 9.84. The van der Waals surface area contributed by atoms with E-state index in [1.807, 2.05) is 0 Å². The number of hydrogen-bond acceptors (Lipinski definition) is 6. The molecular weight excluding hydrogens is 410 g/mol. The fourth-order valence-corrected chi connectivity index (χ4v) is 3.26. The largest absolute Gasteiger partial charge is 0.479 e. The summed E-state index contributed by atoms with van der Waals surface area (Å²) in [7, 11) is 0. The first kappa shape index (κ1) is 18.8. The van der Waals surface area contributed by atoms with Crippen LogP contribution in [0.2, 0.25) is 0 Å². The Morgan fingerprint density at radius 1 is 1.38 bits per heavy atom. The first-order chi connectivity index (χ1) is 11.4. The summed E-state index contributed by atoms with van der Waals surface area (Å²) in [5, 5.41) is 29.8. The third kappa shape index (κ3) is 3.06. The van der Waals surface area contributed by atoms with Gasteiger partial charge < -0.3 is 25.1 Å². The number of carbonyl (C=O) groups is 2. The van der Waals surface area contributed by atoms with Crippen molar-refractivity contribution in [3.8, 4) is 0 Å². The first-order valence-electron chi connectivity index (χ1n) is 6.62. The number of aldehydes is 1. The summed E-state index contributed by atoms with van der Waals surface area (Å²) in [6, 6.07) is 8.48. The number of aliphatic hydroxyl groups excluding tert-OH is 2. The number of aliphatic carboxylic acids is 1. The molecular formula is C14H13BrClNO7. The number of aromatic amines is 1. The minimum Gasteiger partial charge on any atom is -0.479 e. The lowest BCUT2D eigenvalue weighted by Crippen LogP contribution is -2.57. The number of rotatable bonds is 8. The molecule has 0 aliphatic heterocycles. The van der Waals surface area contributed by atoms with Crippen LogP contribution in [0.15, 0.2) is 30.3 Å². The monoisotopic (exact) mass is 421 g/mol. The Morgan fingerprint density at radius 2 is 2.04 bits per heavy atom. The maximum Gasteiger partial charge on any atom is 0.335 e. The van der Waals surface area contributed by atoms with E-state index in [1.165, 1.54) is 6.07 Å². The summed E-state index contributed by atoms with van der Waals surface area (Å²) in [5.74, 6) is -1.68. The van der Waals surface area contributed by atoms with Crippen LogP contribution in [0.5, 0.6) is 0 Å². The summed E-state index contributed by atoms with van der Waals surface area (Å²) in [6.45, 7) is 0. The second-order valence-corrected chi connectivity index (χ2v) is 5.52. The van der Waals surface area contributed by atoms with Crippen LogP contribution >= 0.6 is 28.1 Å². The normalized spacial score (nSPS) is 17.8. The van der Waals surface area contributed by atoms with Gasteiger partial charge >= 0.3 is 5.97 Å². The molecule has 0 saturated carbocycles.